The maximum atomic E-state index is 9.85. The van der Waals surface area contributed by atoms with Crippen molar-refractivity contribution in [3.63, 3.8) is 0 Å². The Bertz CT molecular complexity index is 253. The van der Waals surface area contributed by atoms with Crippen LogP contribution in [0.5, 0.6) is 0 Å². The molecular weight excluding hydrogens is 293 g/mol. The maximum absolute atomic E-state index is 9.85. The zero-order valence-corrected chi connectivity index (χ0v) is 16.4. The van der Waals surface area contributed by atoms with Crippen molar-refractivity contribution < 1.29 is 49.4 Å². The summed E-state index contributed by atoms with van der Waals surface area (Å²) in [5.74, 6) is -2.50. The summed E-state index contributed by atoms with van der Waals surface area (Å²) in [5.41, 5.74) is 4.84. The van der Waals surface area contributed by atoms with Crippen LogP contribution >= 0.6 is 0 Å². The monoisotopic (exact) mass is 325 g/mol. The van der Waals surface area contributed by atoms with E-state index in [1.54, 1.807) is 0 Å². The Kier molecular flexibility index (Phi) is 25.4. The van der Waals surface area contributed by atoms with Gasteiger partial charge in [-0.3, -0.25) is 9.59 Å². The van der Waals surface area contributed by atoms with Crippen molar-refractivity contribution in [1.29, 1.82) is 0 Å². The third-order valence-electron chi connectivity index (χ3n) is 3.07. The first-order valence-corrected chi connectivity index (χ1v) is 7.95. The smallest absolute Gasteiger partial charge is 0.481 e. The van der Waals surface area contributed by atoms with E-state index in [4.69, 9.17) is 15.9 Å². The minimum Gasteiger partial charge on any atom is -0.481 e. The van der Waals surface area contributed by atoms with Gasteiger partial charge in [-0.25, -0.2) is 0 Å². The molecule has 1 atom stereocenters. The predicted molar refractivity (Wildman–Crippen MR) is 85.1 cm³/mol. The summed E-state index contributed by atoms with van der Waals surface area (Å²) >= 11 is 0. The van der Waals surface area contributed by atoms with E-state index in [0.29, 0.717) is 0 Å². The molecule has 0 aliphatic rings. The molecule has 0 bridgehead atoms. The van der Waals surface area contributed by atoms with Crippen molar-refractivity contribution in [2.75, 3.05) is 0 Å². The van der Waals surface area contributed by atoms with Gasteiger partial charge in [0.1, 0.15) is 6.04 Å². The summed E-state index contributed by atoms with van der Waals surface area (Å²) in [4.78, 5) is 19.6. The molecule has 0 aromatic rings. The molecule has 0 fully saturated rings. The third kappa shape index (κ3) is 24.9. The Morgan fingerprint density at radius 3 is 1.64 bits per heavy atom. The molecule has 0 saturated heterocycles. The second-order valence-corrected chi connectivity index (χ2v) is 5.22. The van der Waals surface area contributed by atoms with Crippen molar-refractivity contribution in [3.8, 4) is 0 Å². The third-order valence-corrected chi connectivity index (χ3v) is 3.07. The summed E-state index contributed by atoms with van der Waals surface area (Å²) in [5, 5.41) is 16.0. The molecule has 0 saturated carbocycles. The molecule has 0 aliphatic carbocycles. The molecule has 0 aromatic carbocycles. The Morgan fingerprint density at radius 2 is 1.36 bits per heavy atom. The zero-order chi connectivity index (χ0) is 16.5. The largest absolute Gasteiger partial charge is 1.00 e. The summed E-state index contributed by atoms with van der Waals surface area (Å²) in [6, 6.07) is -1.29. The van der Waals surface area contributed by atoms with Crippen LogP contribution in [0, 0.1) is 6.92 Å². The van der Waals surface area contributed by atoms with Crippen LogP contribution in [0.2, 0.25) is 0 Å². The maximum Gasteiger partial charge on any atom is 1.00 e. The van der Waals surface area contributed by atoms with Crippen LogP contribution in [0.1, 0.15) is 77.6 Å². The molecular formula is C16H32NNaO4. The van der Waals surface area contributed by atoms with Gasteiger partial charge in [0.25, 0.3) is 0 Å². The van der Waals surface area contributed by atoms with E-state index in [-0.39, 0.29) is 29.6 Å². The first kappa shape index (κ1) is 26.8. The summed E-state index contributed by atoms with van der Waals surface area (Å²) < 4.78 is 0. The number of unbranched alkanes of at least 4 members (excludes halogenated alkanes) is 9. The number of hydrogen-bond donors (Lipinski definition) is 3. The molecule has 0 amide bonds. The van der Waals surface area contributed by atoms with Crippen molar-refractivity contribution in [1.82, 2.24) is 0 Å². The molecule has 0 unspecified atom stereocenters. The van der Waals surface area contributed by atoms with E-state index in [1.165, 1.54) is 57.8 Å². The zero-order valence-electron chi connectivity index (χ0n) is 14.4. The van der Waals surface area contributed by atoms with Gasteiger partial charge in [-0.15, -0.1) is 0 Å². The second-order valence-electron chi connectivity index (χ2n) is 5.22. The molecule has 0 aromatic heterocycles. The van der Waals surface area contributed by atoms with Gasteiger partial charge in [0.15, 0.2) is 0 Å². The standard InChI is InChI=1S/C12H25.C4H7NO4.Na/c1-3-5-7-9-11-12-10-8-6-4-2;5-2(4(8)9)1-3(6)7;/h1,3-12H2,2H3;2H,1,5H2,(H,6,7)(H,8,9);/q-1;;+1/t;2-;/m.0./s1. The van der Waals surface area contributed by atoms with Crippen molar-refractivity contribution in [2.24, 2.45) is 5.73 Å². The van der Waals surface area contributed by atoms with Gasteiger partial charge in [-0.1, -0.05) is 64.7 Å². The van der Waals surface area contributed by atoms with Crippen molar-refractivity contribution >= 4 is 11.9 Å². The molecule has 5 nitrogen and oxygen atoms in total. The molecule has 22 heavy (non-hydrogen) atoms. The van der Waals surface area contributed by atoms with Crippen LogP contribution < -0.4 is 35.3 Å². The van der Waals surface area contributed by atoms with E-state index in [1.807, 2.05) is 0 Å². The molecule has 0 spiro atoms. The van der Waals surface area contributed by atoms with Gasteiger partial charge >= 0.3 is 41.5 Å². The Labute approximate surface area is 157 Å². The van der Waals surface area contributed by atoms with E-state index in [0.717, 1.165) is 6.42 Å². The van der Waals surface area contributed by atoms with E-state index < -0.39 is 24.4 Å². The second kappa shape index (κ2) is 20.9. The number of rotatable bonds is 12. The van der Waals surface area contributed by atoms with Gasteiger partial charge in [-0.2, -0.15) is 6.42 Å². The molecule has 0 heterocycles. The van der Waals surface area contributed by atoms with Crippen LogP contribution in [0.4, 0.5) is 0 Å². The SMILES string of the molecule is N[C@@H](CC(=O)O)C(=O)O.[CH2-]CCCCCCCCCCC.[Na+]. The molecule has 6 heteroatoms. The molecule has 0 radical (unpaired) electrons. The number of nitrogens with two attached hydrogens (primary N) is 1. The van der Waals surface area contributed by atoms with Gasteiger partial charge in [0.2, 0.25) is 0 Å². The molecule has 0 aliphatic heterocycles. The molecule has 4 N–H and O–H groups in total. The summed E-state index contributed by atoms with van der Waals surface area (Å²) in [6.45, 7) is 6.12. The first-order valence-electron chi connectivity index (χ1n) is 7.95. The van der Waals surface area contributed by atoms with Crippen molar-refractivity contribution in [2.45, 2.75) is 83.6 Å². The number of carboxylic acids is 2. The Morgan fingerprint density at radius 1 is 0.955 bits per heavy atom. The summed E-state index contributed by atoms with van der Waals surface area (Å²) in [7, 11) is 0. The van der Waals surface area contributed by atoms with Crippen molar-refractivity contribution in [3.05, 3.63) is 6.92 Å². The van der Waals surface area contributed by atoms with Crippen LogP contribution in [0.25, 0.3) is 0 Å². The average molecular weight is 325 g/mol. The van der Waals surface area contributed by atoms with Gasteiger partial charge in [0, 0.05) is 0 Å². The molecule has 0 rings (SSSR count). The number of hydrogen-bond acceptors (Lipinski definition) is 3. The van der Waals surface area contributed by atoms with E-state index in [2.05, 4.69) is 13.8 Å². The van der Waals surface area contributed by atoms with Crippen LogP contribution in [-0.2, 0) is 9.59 Å². The minimum atomic E-state index is -1.29. The Hall–Kier alpha value is -0.100. The number of carbonyl (C=O) groups is 2. The van der Waals surface area contributed by atoms with Crippen LogP contribution in [-0.4, -0.2) is 28.2 Å². The number of carboxylic acid groups (broad SMARTS) is 2. The quantitative estimate of drug-likeness (QED) is 0.277. The minimum absolute atomic E-state index is 0. The number of aliphatic carboxylic acids is 2. The fourth-order valence-corrected chi connectivity index (χ4v) is 1.76. The van der Waals surface area contributed by atoms with Gasteiger partial charge in [-0.05, 0) is 0 Å². The summed E-state index contributed by atoms with van der Waals surface area (Å²) in [6.07, 6.45) is 13.4. The van der Waals surface area contributed by atoms with Crippen LogP contribution in [0.3, 0.4) is 0 Å². The Balaban J connectivity index is -0.000000326. The normalized spacial score (nSPS) is 10.9. The van der Waals surface area contributed by atoms with Gasteiger partial charge < -0.3 is 22.9 Å². The van der Waals surface area contributed by atoms with E-state index >= 15 is 0 Å². The van der Waals surface area contributed by atoms with Crippen LogP contribution in [0.15, 0.2) is 0 Å². The first-order chi connectivity index (χ1) is 9.95. The average Bonchev–Trinajstić information content (AvgIpc) is 2.42. The topological polar surface area (TPSA) is 101 Å². The molecule has 126 valence electrons. The predicted octanol–water partition coefficient (Wildman–Crippen LogP) is 0.618. The fraction of sp³-hybridized carbons (Fsp3) is 0.812. The van der Waals surface area contributed by atoms with Gasteiger partial charge in [0.05, 0.1) is 6.42 Å². The van der Waals surface area contributed by atoms with E-state index in [9.17, 15) is 9.59 Å². The fourth-order valence-electron chi connectivity index (χ4n) is 1.76.